The van der Waals surface area contributed by atoms with Crippen LogP contribution in [-0.2, 0) is 16.1 Å². The van der Waals surface area contributed by atoms with Crippen LogP contribution in [0, 0.1) is 12.8 Å². The predicted octanol–water partition coefficient (Wildman–Crippen LogP) is 1.86. The number of hydrogen-bond acceptors (Lipinski definition) is 8. The third kappa shape index (κ3) is 4.39. The van der Waals surface area contributed by atoms with Gasteiger partial charge in [-0.2, -0.15) is 10.1 Å². The zero-order chi connectivity index (χ0) is 20.9. The Morgan fingerprint density at radius 3 is 3.00 bits per heavy atom. The molecule has 0 spiro atoms. The van der Waals surface area contributed by atoms with E-state index in [0.717, 1.165) is 24.2 Å². The molecule has 0 bridgehead atoms. The molecule has 158 valence electrons. The van der Waals surface area contributed by atoms with Crippen LogP contribution in [0.25, 0.3) is 11.0 Å². The first-order chi connectivity index (χ1) is 14.7. The summed E-state index contributed by atoms with van der Waals surface area (Å²) in [6, 6.07) is 5.59. The molecule has 3 aromatic heterocycles. The Hall–Kier alpha value is -3.11. The maximum absolute atomic E-state index is 12.6. The van der Waals surface area contributed by atoms with E-state index in [1.54, 1.807) is 6.20 Å². The van der Waals surface area contributed by atoms with E-state index in [0.29, 0.717) is 43.5 Å². The molecule has 1 amide bonds. The molecule has 0 unspecified atom stereocenters. The lowest BCUT2D eigenvalue weighted by Gasteiger charge is -2.12. The number of carbonyl (C=O) groups is 1. The van der Waals surface area contributed by atoms with E-state index in [1.165, 1.54) is 0 Å². The quantitative estimate of drug-likeness (QED) is 0.482. The number of pyridine rings is 1. The number of anilines is 3. The molecule has 4 rings (SSSR count). The normalized spacial score (nSPS) is 16.1. The maximum atomic E-state index is 12.6. The minimum absolute atomic E-state index is 0.0773. The number of aromatic nitrogens is 5. The Bertz CT molecular complexity index is 1010. The van der Waals surface area contributed by atoms with Gasteiger partial charge in [-0.3, -0.25) is 14.8 Å². The van der Waals surface area contributed by atoms with Crippen LogP contribution in [0.5, 0.6) is 0 Å². The first-order valence-corrected chi connectivity index (χ1v) is 10.2. The highest BCUT2D eigenvalue weighted by Gasteiger charge is 2.24. The van der Waals surface area contributed by atoms with Crippen LogP contribution in [0.3, 0.4) is 0 Å². The van der Waals surface area contributed by atoms with Crippen LogP contribution in [0.2, 0.25) is 0 Å². The molecule has 1 atom stereocenters. The molecule has 10 heteroatoms. The number of nitrogens with zero attached hydrogens (tertiary/aromatic N) is 5. The predicted molar refractivity (Wildman–Crippen MR) is 114 cm³/mol. The number of hydrogen-bond donors (Lipinski definition) is 3. The standard InChI is InChI=1S/C20H26N8O2/c1-3-30-11-10-28-17-16(13(2)27-28)24-20(26-19(29)14-7-9-21-12-14)25-18(17)23-15-6-4-5-8-22-15/h4-6,8,14,21H,3,7,9-12H2,1-2H3,(H2,22,23,24,25,26,29)/t14-/m0/s1. The van der Waals surface area contributed by atoms with Crippen molar-refractivity contribution in [1.82, 2.24) is 30.0 Å². The number of rotatable bonds is 8. The molecule has 0 saturated carbocycles. The van der Waals surface area contributed by atoms with Gasteiger partial charge in [0.2, 0.25) is 11.9 Å². The Morgan fingerprint density at radius 1 is 1.37 bits per heavy atom. The van der Waals surface area contributed by atoms with E-state index in [2.05, 4.69) is 36.0 Å². The number of nitrogens with one attached hydrogen (secondary N) is 3. The van der Waals surface area contributed by atoms with Crippen LogP contribution in [-0.4, -0.2) is 56.9 Å². The number of carbonyl (C=O) groups excluding carboxylic acids is 1. The van der Waals surface area contributed by atoms with E-state index in [9.17, 15) is 4.79 Å². The summed E-state index contributed by atoms with van der Waals surface area (Å²) in [6.07, 6.45) is 2.51. The molecule has 3 aromatic rings. The Kier molecular flexibility index (Phi) is 6.15. The highest BCUT2D eigenvalue weighted by atomic mass is 16.5. The van der Waals surface area contributed by atoms with Gasteiger partial charge in [-0.25, -0.2) is 9.97 Å². The molecule has 1 fully saturated rings. The Morgan fingerprint density at radius 2 is 2.27 bits per heavy atom. The summed E-state index contributed by atoms with van der Waals surface area (Å²) in [6.45, 7) is 7.10. The number of aryl methyl sites for hydroxylation is 1. The monoisotopic (exact) mass is 410 g/mol. The smallest absolute Gasteiger partial charge is 0.232 e. The van der Waals surface area contributed by atoms with Gasteiger partial charge in [0.25, 0.3) is 0 Å². The van der Waals surface area contributed by atoms with Crippen molar-refractivity contribution in [2.45, 2.75) is 26.8 Å². The number of ether oxygens (including phenoxy) is 1. The van der Waals surface area contributed by atoms with Crippen LogP contribution >= 0.6 is 0 Å². The summed E-state index contributed by atoms with van der Waals surface area (Å²) in [4.78, 5) is 26.1. The third-order valence-corrected chi connectivity index (χ3v) is 4.98. The molecular formula is C20H26N8O2. The summed E-state index contributed by atoms with van der Waals surface area (Å²) >= 11 is 0. The lowest BCUT2D eigenvalue weighted by atomic mass is 10.1. The van der Waals surface area contributed by atoms with Gasteiger partial charge in [-0.1, -0.05) is 6.07 Å². The van der Waals surface area contributed by atoms with Crippen molar-refractivity contribution in [2.24, 2.45) is 5.92 Å². The average molecular weight is 410 g/mol. The van der Waals surface area contributed by atoms with Crippen molar-refractivity contribution >= 4 is 34.5 Å². The molecule has 3 N–H and O–H groups in total. The summed E-state index contributed by atoms with van der Waals surface area (Å²) in [5.41, 5.74) is 2.18. The van der Waals surface area contributed by atoms with Crippen LogP contribution < -0.4 is 16.0 Å². The van der Waals surface area contributed by atoms with Crippen LogP contribution in [0.15, 0.2) is 24.4 Å². The molecule has 1 aliphatic rings. The Balaban J connectivity index is 1.71. The van der Waals surface area contributed by atoms with E-state index < -0.39 is 0 Å². The first kappa shape index (κ1) is 20.2. The Labute approximate surface area is 174 Å². The van der Waals surface area contributed by atoms with Gasteiger partial charge < -0.3 is 15.4 Å². The molecule has 30 heavy (non-hydrogen) atoms. The topological polar surface area (TPSA) is 119 Å². The summed E-state index contributed by atoms with van der Waals surface area (Å²) in [7, 11) is 0. The number of fused-ring (bicyclic) bond motifs is 1. The second-order valence-corrected chi connectivity index (χ2v) is 7.12. The van der Waals surface area contributed by atoms with Gasteiger partial charge in [0.05, 0.1) is 24.8 Å². The van der Waals surface area contributed by atoms with Crippen LogP contribution in [0.4, 0.5) is 17.6 Å². The summed E-state index contributed by atoms with van der Waals surface area (Å²) < 4.78 is 7.32. The van der Waals surface area contributed by atoms with Crippen molar-refractivity contribution < 1.29 is 9.53 Å². The van der Waals surface area contributed by atoms with Gasteiger partial charge in [-0.15, -0.1) is 0 Å². The highest BCUT2D eigenvalue weighted by Crippen LogP contribution is 2.27. The van der Waals surface area contributed by atoms with E-state index >= 15 is 0 Å². The molecule has 10 nitrogen and oxygen atoms in total. The van der Waals surface area contributed by atoms with Crippen molar-refractivity contribution in [1.29, 1.82) is 0 Å². The lowest BCUT2D eigenvalue weighted by molar-refractivity contribution is -0.119. The number of amides is 1. The molecular weight excluding hydrogens is 384 g/mol. The van der Waals surface area contributed by atoms with Crippen molar-refractivity contribution in [3.05, 3.63) is 30.1 Å². The zero-order valence-corrected chi connectivity index (χ0v) is 17.2. The molecule has 1 aliphatic heterocycles. The summed E-state index contributed by atoms with van der Waals surface area (Å²) in [5.74, 6) is 1.28. The lowest BCUT2D eigenvalue weighted by Crippen LogP contribution is -2.25. The fourth-order valence-electron chi connectivity index (χ4n) is 3.48. The van der Waals surface area contributed by atoms with E-state index in [-0.39, 0.29) is 17.8 Å². The SMILES string of the molecule is CCOCCn1nc(C)c2nc(NC(=O)[C@H]3CCNC3)nc(Nc3ccccn3)c21. The van der Waals surface area contributed by atoms with Crippen molar-refractivity contribution in [3.8, 4) is 0 Å². The van der Waals surface area contributed by atoms with Crippen molar-refractivity contribution in [3.63, 3.8) is 0 Å². The molecule has 1 saturated heterocycles. The van der Waals surface area contributed by atoms with Gasteiger partial charge in [-0.05, 0) is 38.9 Å². The van der Waals surface area contributed by atoms with Gasteiger partial charge in [0, 0.05) is 19.3 Å². The minimum atomic E-state index is -0.0791. The van der Waals surface area contributed by atoms with Crippen LogP contribution in [0.1, 0.15) is 19.0 Å². The third-order valence-electron chi connectivity index (χ3n) is 4.98. The van der Waals surface area contributed by atoms with Gasteiger partial charge in [0.15, 0.2) is 5.82 Å². The fraction of sp³-hybridized carbons (Fsp3) is 0.450. The second kappa shape index (κ2) is 9.14. The highest BCUT2D eigenvalue weighted by molar-refractivity contribution is 5.95. The molecule has 0 aliphatic carbocycles. The molecule has 0 radical (unpaired) electrons. The molecule has 0 aromatic carbocycles. The van der Waals surface area contributed by atoms with E-state index in [4.69, 9.17) is 4.74 Å². The van der Waals surface area contributed by atoms with Gasteiger partial charge in [0.1, 0.15) is 16.9 Å². The second-order valence-electron chi connectivity index (χ2n) is 7.12. The summed E-state index contributed by atoms with van der Waals surface area (Å²) in [5, 5.41) is 13.9. The first-order valence-electron chi connectivity index (χ1n) is 10.2. The largest absolute Gasteiger partial charge is 0.380 e. The molecule has 4 heterocycles. The average Bonchev–Trinajstić information content (AvgIpc) is 3.38. The minimum Gasteiger partial charge on any atom is -0.380 e. The maximum Gasteiger partial charge on any atom is 0.232 e. The fourth-order valence-corrected chi connectivity index (χ4v) is 3.48. The van der Waals surface area contributed by atoms with Crippen molar-refractivity contribution in [2.75, 3.05) is 36.9 Å². The van der Waals surface area contributed by atoms with E-state index in [1.807, 2.05) is 36.7 Å². The van der Waals surface area contributed by atoms with Gasteiger partial charge >= 0.3 is 0 Å². The zero-order valence-electron chi connectivity index (χ0n) is 17.2.